The lowest BCUT2D eigenvalue weighted by atomic mass is 10.1. The molecule has 0 aliphatic heterocycles. The molecule has 0 unspecified atom stereocenters. The van der Waals surface area contributed by atoms with Gasteiger partial charge < -0.3 is 42.0 Å². The number of Topliss-reactive ketones (excluding diaryl/α,β-unsaturated/α-hetero) is 3. The molecule has 490 valence electrons. The number of aliphatic hydroxyl groups excluding tert-OH is 1. The normalized spacial score (nSPS) is 15.0. The monoisotopic (exact) mass is 1290 g/mol. The van der Waals surface area contributed by atoms with Crippen LogP contribution in [0.5, 0.6) is 0 Å². The molecule has 23 nitrogen and oxygen atoms in total. The van der Waals surface area contributed by atoms with Crippen LogP contribution < -0.4 is 10.4 Å². The lowest BCUT2D eigenvalue weighted by Crippen LogP contribution is -2.66. The first kappa shape index (κ1) is 68.4. The van der Waals surface area contributed by atoms with E-state index >= 15 is 0 Å². The van der Waals surface area contributed by atoms with Crippen LogP contribution in [0.25, 0.3) is 33.3 Å². The first-order valence-corrected chi connectivity index (χ1v) is 33.6. The van der Waals surface area contributed by atoms with Gasteiger partial charge in [-0.25, -0.2) is 34.1 Å². The van der Waals surface area contributed by atoms with E-state index in [1.54, 1.807) is 46.8 Å². The predicted molar refractivity (Wildman–Crippen MR) is 340 cm³/mol. The first-order chi connectivity index (χ1) is 44.8. The van der Waals surface area contributed by atoms with Crippen LogP contribution in [0.4, 0.5) is 0 Å². The predicted octanol–water partition coefficient (Wildman–Crippen LogP) is 10.7. The van der Waals surface area contributed by atoms with Gasteiger partial charge in [0.1, 0.15) is 23.0 Å². The van der Waals surface area contributed by atoms with E-state index in [0.29, 0.717) is 98.9 Å². The van der Waals surface area contributed by atoms with Crippen molar-refractivity contribution in [1.82, 2.24) is 30.4 Å². The van der Waals surface area contributed by atoms with E-state index in [0.717, 1.165) is 81.3 Å². The summed E-state index contributed by atoms with van der Waals surface area (Å²) in [7, 11) is -2.79. The standard InChI is InChI=1S/C29H32N2O4Si.C13H14N2O4.C13H12N2O4.C9H12O4.C5H8O/c1-5-33-28(32)23-18-24(20-16-17-20)30-27-26(23)25(31-35-27)19-34-36(29(2,3)4,21-12-8-6-9-13-21)22-14-10-7-11-15-22;2*1-2-18-13(17)8-5-9(7-3-4-7)14-12-11(8)10(6-16)15-19-12;1-2-13-9(12)8(11)5-7(10)6-3-4-6;1-4(6)5-2-3-5/h6-15,18,20H,5,16-17,19H2,1-4H3;5,7,16H,2-4,6H2,1H3;5-7H,2-4H2,1H3;6H,2-5H2,1H3;5H,2-3H2,1H3. The van der Waals surface area contributed by atoms with Crippen molar-refractivity contribution >= 4 is 99.5 Å². The van der Waals surface area contributed by atoms with E-state index in [1.807, 2.05) is 18.2 Å². The Labute approximate surface area is 538 Å². The number of carbonyl (C=O) groups excluding carboxylic acids is 8. The number of benzene rings is 2. The van der Waals surface area contributed by atoms with Gasteiger partial charge in [0.05, 0.1) is 78.9 Å². The number of nitrogens with zero attached hydrogens (tertiary/aromatic N) is 6. The number of aliphatic hydroxyl groups is 1. The Balaban J connectivity index is 0.000000152. The highest BCUT2D eigenvalue weighted by Crippen LogP contribution is 2.44. The van der Waals surface area contributed by atoms with Gasteiger partial charge in [-0.2, -0.15) is 0 Å². The molecule has 5 aliphatic carbocycles. The number of ketones is 3. The first-order valence-electron chi connectivity index (χ1n) is 31.7. The van der Waals surface area contributed by atoms with E-state index in [1.165, 1.54) is 10.4 Å². The maximum Gasteiger partial charge on any atom is 0.375 e. The fraction of sp³-hybridized carbons (Fsp3) is 0.449. The SMILES string of the molecule is CC(=O)C1CC1.CCOC(=O)C(=O)CC(=O)C1CC1.CCOC(=O)c1cc(C2CC2)nc2onc(C=O)c12.CCOC(=O)c1cc(C2CC2)nc2onc(CO)c12.CCOC(=O)c1cc(C2CC2)nc2onc(CO[Si](c3ccccc3)(c3ccccc3)C(C)(C)C)c12. The van der Waals surface area contributed by atoms with Crippen LogP contribution in [0.2, 0.25) is 5.04 Å². The second kappa shape index (κ2) is 30.6. The summed E-state index contributed by atoms with van der Waals surface area (Å²) in [6, 6.07) is 26.2. The highest BCUT2D eigenvalue weighted by atomic mass is 28.4. The Morgan fingerprint density at radius 2 is 0.946 bits per heavy atom. The number of carbonyl (C=O) groups is 8. The third-order valence-electron chi connectivity index (χ3n) is 16.2. The summed E-state index contributed by atoms with van der Waals surface area (Å²) in [4.78, 5) is 104. The fourth-order valence-corrected chi connectivity index (χ4v) is 15.1. The summed E-state index contributed by atoms with van der Waals surface area (Å²) in [5, 5.41) is 24.5. The lowest BCUT2D eigenvalue weighted by molar-refractivity contribution is -0.154. The molecule has 6 aromatic heterocycles. The van der Waals surface area contributed by atoms with Crippen molar-refractivity contribution in [2.24, 2.45) is 11.8 Å². The topological polar surface area (TPSA) is 320 Å². The fourth-order valence-electron chi connectivity index (χ4n) is 10.6. The van der Waals surface area contributed by atoms with Crippen LogP contribution >= 0.6 is 0 Å². The van der Waals surface area contributed by atoms with Gasteiger partial charge in [-0.1, -0.05) is 96.9 Å². The molecule has 5 fully saturated rings. The zero-order valence-electron chi connectivity index (χ0n) is 53.7. The largest absolute Gasteiger partial charge is 0.462 e. The Morgan fingerprint density at radius 1 is 0.548 bits per heavy atom. The Morgan fingerprint density at radius 3 is 1.31 bits per heavy atom. The molecule has 2 aromatic carbocycles. The molecule has 6 heterocycles. The minimum Gasteiger partial charge on any atom is -0.462 e. The molecule has 1 N–H and O–H groups in total. The van der Waals surface area contributed by atoms with E-state index in [2.05, 4.69) is 104 Å². The molecule has 0 amide bonds. The molecule has 0 radical (unpaired) electrons. The van der Waals surface area contributed by atoms with Crippen LogP contribution in [0.3, 0.4) is 0 Å². The summed E-state index contributed by atoms with van der Waals surface area (Å²) in [6.45, 7) is 16.2. The molecule has 24 heteroatoms. The Hall–Kier alpha value is -9.00. The minimum atomic E-state index is -2.79. The second-order valence-electron chi connectivity index (χ2n) is 24.3. The average molecular weight is 1290 g/mol. The zero-order chi connectivity index (χ0) is 66.6. The number of hydrogen-bond donors (Lipinski definition) is 1. The maximum atomic E-state index is 13.0. The van der Waals surface area contributed by atoms with Gasteiger partial charge >= 0.3 is 23.9 Å². The molecular formula is C69H78N6O17Si. The van der Waals surface area contributed by atoms with Gasteiger partial charge in [0.25, 0.3) is 25.5 Å². The van der Waals surface area contributed by atoms with Crippen molar-refractivity contribution in [2.75, 3.05) is 26.4 Å². The van der Waals surface area contributed by atoms with Crippen molar-refractivity contribution in [3.05, 3.63) is 130 Å². The number of hydrogen-bond acceptors (Lipinski definition) is 23. The van der Waals surface area contributed by atoms with E-state index < -0.39 is 32.0 Å². The van der Waals surface area contributed by atoms with E-state index in [-0.39, 0.29) is 72.7 Å². The van der Waals surface area contributed by atoms with Gasteiger partial charge in [-0.05, 0) is 132 Å². The molecule has 93 heavy (non-hydrogen) atoms. The number of aromatic nitrogens is 6. The molecular weight excluding hydrogens is 1210 g/mol. The summed E-state index contributed by atoms with van der Waals surface area (Å²) < 4.78 is 42.7. The van der Waals surface area contributed by atoms with Gasteiger partial charge in [0.2, 0.25) is 5.78 Å². The Bertz CT molecular complexity index is 3970. The van der Waals surface area contributed by atoms with Gasteiger partial charge in [-0.15, -0.1) is 0 Å². The van der Waals surface area contributed by atoms with Crippen LogP contribution in [0.15, 0.2) is 92.4 Å². The molecule has 0 spiro atoms. The molecule has 0 bridgehead atoms. The van der Waals surface area contributed by atoms with Crippen LogP contribution in [-0.2, 0) is 55.8 Å². The number of esters is 4. The molecule has 8 aromatic rings. The summed E-state index contributed by atoms with van der Waals surface area (Å²) in [5.74, 6) is -1.07. The van der Waals surface area contributed by atoms with Crippen molar-refractivity contribution in [2.45, 2.75) is 162 Å². The second-order valence-corrected chi connectivity index (χ2v) is 28.6. The maximum absolute atomic E-state index is 13.0. The smallest absolute Gasteiger partial charge is 0.375 e. The van der Waals surface area contributed by atoms with Crippen LogP contribution in [-0.4, -0.2) is 118 Å². The number of fused-ring (bicyclic) bond motifs is 3. The molecule has 5 saturated carbocycles. The van der Waals surface area contributed by atoms with Crippen molar-refractivity contribution in [1.29, 1.82) is 0 Å². The zero-order valence-corrected chi connectivity index (χ0v) is 54.7. The number of pyridine rings is 3. The van der Waals surface area contributed by atoms with Gasteiger partial charge in [0.15, 0.2) is 12.0 Å². The third-order valence-corrected chi connectivity index (χ3v) is 21.1. The minimum absolute atomic E-state index is 0.0263. The summed E-state index contributed by atoms with van der Waals surface area (Å²) >= 11 is 0. The highest BCUT2D eigenvalue weighted by Gasteiger charge is 2.50. The molecule has 0 atom stereocenters. The van der Waals surface area contributed by atoms with Crippen molar-refractivity contribution < 1.29 is 80.4 Å². The molecule has 5 aliphatic rings. The quantitative estimate of drug-likeness (QED) is 0.0164. The summed E-state index contributed by atoms with van der Waals surface area (Å²) in [6.07, 6.45) is 10.6. The van der Waals surface area contributed by atoms with Crippen molar-refractivity contribution in [3.8, 4) is 0 Å². The number of rotatable bonds is 22. The average Bonchev–Trinajstić information content (AvgIpc) is 1.31. The number of ether oxygens (including phenoxy) is 4. The van der Waals surface area contributed by atoms with Crippen molar-refractivity contribution in [3.63, 3.8) is 0 Å². The third kappa shape index (κ3) is 16.8. The Kier molecular flexibility index (Phi) is 22.5. The van der Waals surface area contributed by atoms with E-state index in [4.69, 9.17) is 32.2 Å². The van der Waals surface area contributed by atoms with Gasteiger partial charge in [0, 0.05) is 46.7 Å². The van der Waals surface area contributed by atoms with Crippen LogP contribution in [0.1, 0.15) is 214 Å². The van der Waals surface area contributed by atoms with E-state index in [9.17, 15) is 43.5 Å². The lowest BCUT2D eigenvalue weighted by Gasteiger charge is -2.42. The number of aldehydes is 1. The van der Waals surface area contributed by atoms with Crippen LogP contribution in [0, 0.1) is 11.8 Å². The molecule has 0 saturated heterocycles. The van der Waals surface area contributed by atoms with Gasteiger partial charge in [-0.3, -0.25) is 19.2 Å². The summed E-state index contributed by atoms with van der Waals surface area (Å²) in [5.41, 5.74) is 5.44. The highest BCUT2D eigenvalue weighted by molar-refractivity contribution is 6.99. The molecule has 13 rings (SSSR count).